The van der Waals surface area contributed by atoms with Gasteiger partial charge in [0.05, 0.1) is 6.04 Å². The summed E-state index contributed by atoms with van der Waals surface area (Å²) in [4.78, 5) is 24.6. The minimum atomic E-state index is -0.231. The maximum Gasteiger partial charge on any atom is 0.237 e. The van der Waals surface area contributed by atoms with E-state index in [0.29, 0.717) is 18.6 Å². The Morgan fingerprint density at radius 2 is 1.66 bits per heavy atom. The summed E-state index contributed by atoms with van der Waals surface area (Å²) in [7, 11) is 0. The third-order valence-corrected chi connectivity index (χ3v) is 8.80. The molecule has 196 valence electrons. The quantitative estimate of drug-likeness (QED) is 0.167. The van der Waals surface area contributed by atoms with Gasteiger partial charge in [-0.05, 0) is 80.1 Å². The lowest BCUT2D eigenvalue weighted by molar-refractivity contribution is -0.120. The maximum atomic E-state index is 13.5. The van der Waals surface area contributed by atoms with E-state index in [1.807, 2.05) is 32.9 Å². The molecule has 0 radical (unpaired) electrons. The first kappa shape index (κ1) is 29.5. The van der Waals surface area contributed by atoms with Crippen molar-refractivity contribution in [2.24, 2.45) is 0 Å². The van der Waals surface area contributed by atoms with E-state index >= 15 is 0 Å². The fourth-order valence-corrected chi connectivity index (χ4v) is 6.10. The molecule has 2 atom stereocenters. The van der Waals surface area contributed by atoms with Crippen LogP contribution in [0, 0.1) is 0 Å². The Labute approximate surface area is 217 Å². The number of hydrogen-bond acceptors (Lipinski definition) is 4. The average Bonchev–Trinajstić information content (AvgIpc) is 2.86. The molecule has 0 aromatic heterocycles. The summed E-state index contributed by atoms with van der Waals surface area (Å²) in [6.07, 6.45) is 19.9. The zero-order valence-electron chi connectivity index (χ0n) is 22.5. The van der Waals surface area contributed by atoms with E-state index in [1.54, 1.807) is 11.8 Å². The number of allylic oxidation sites excluding steroid dienone is 4. The fourth-order valence-electron chi connectivity index (χ4n) is 4.86. The van der Waals surface area contributed by atoms with Crippen LogP contribution in [0.4, 0.5) is 0 Å². The van der Waals surface area contributed by atoms with E-state index < -0.39 is 0 Å². The number of carbonyl (C=O) groups is 2. The van der Waals surface area contributed by atoms with Gasteiger partial charge in [-0.1, -0.05) is 76.9 Å². The van der Waals surface area contributed by atoms with E-state index in [-0.39, 0.29) is 17.2 Å². The van der Waals surface area contributed by atoms with Gasteiger partial charge in [-0.15, -0.1) is 11.8 Å². The van der Waals surface area contributed by atoms with Crippen LogP contribution in [0.1, 0.15) is 111 Å². The van der Waals surface area contributed by atoms with Crippen LogP contribution >= 0.6 is 11.8 Å². The highest BCUT2D eigenvalue weighted by molar-refractivity contribution is 8.00. The Bertz CT molecular complexity index is 837. The highest BCUT2D eigenvalue weighted by Gasteiger charge is 2.29. The summed E-state index contributed by atoms with van der Waals surface area (Å²) in [6.45, 7) is 8.10. The largest absolute Gasteiger partial charge is 0.508 e. The molecule has 0 saturated heterocycles. The lowest BCUT2D eigenvalue weighted by Crippen LogP contribution is -2.43. The third-order valence-electron chi connectivity index (χ3n) is 7.42. The van der Waals surface area contributed by atoms with Gasteiger partial charge in [0.2, 0.25) is 5.91 Å². The summed E-state index contributed by atoms with van der Waals surface area (Å²) in [6, 6.07) is -0.0795. The van der Waals surface area contributed by atoms with Gasteiger partial charge in [-0.25, -0.2) is 0 Å². The lowest BCUT2D eigenvalue weighted by atomic mass is 9.88. The van der Waals surface area contributed by atoms with Crippen LogP contribution < -0.4 is 5.32 Å². The molecular weight excluding hydrogens is 454 g/mol. The van der Waals surface area contributed by atoms with Crippen LogP contribution in [-0.2, 0) is 9.59 Å². The standard InChI is InChI=1S/C30H47NO3S/c1-5-6-7-8-9-10-11-12-13-14-19-35-29(26-17-15-25(21-32)16-18-26)30(34)31-27-20-22(2)28(33)24(4)23(27)3/h15,17,21,27,29,33H,5-14,16,18-20H2,1-4H3,(H,31,34). The van der Waals surface area contributed by atoms with Gasteiger partial charge in [0.25, 0.3) is 0 Å². The Morgan fingerprint density at radius 3 is 2.23 bits per heavy atom. The Kier molecular flexibility index (Phi) is 13.5. The van der Waals surface area contributed by atoms with Gasteiger partial charge in [-0.3, -0.25) is 9.59 Å². The van der Waals surface area contributed by atoms with Crippen molar-refractivity contribution in [3.05, 3.63) is 45.8 Å². The van der Waals surface area contributed by atoms with Crippen LogP contribution in [0.25, 0.3) is 0 Å². The van der Waals surface area contributed by atoms with E-state index in [2.05, 4.69) is 12.2 Å². The molecule has 0 spiro atoms. The van der Waals surface area contributed by atoms with E-state index in [1.165, 1.54) is 57.8 Å². The topological polar surface area (TPSA) is 66.4 Å². The zero-order chi connectivity index (χ0) is 25.6. The number of thioether (sulfide) groups is 1. The molecule has 2 N–H and O–H groups in total. The van der Waals surface area contributed by atoms with Crippen LogP contribution in [-0.4, -0.2) is 34.3 Å². The molecule has 5 heteroatoms. The average molecular weight is 502 g/mol. The van der Waals surface area contributed by atoms with E-state index in [9.17, 15) is 14.7 Å². The fraction of sp³-hybridized carbons (Fsp3) is 0.667. The molecule has 2 aliphatic carbocycles. The molecule has 0 bridgehead atoms. The molecule has 35 heavy (non-hydrogen) atoms. The molecule has 0 saturated carbocycles. The molecule has 0 heterocycles. The zero-order valence-corrected chi connectivity index (χ0v) is 23.3. The van der Waals surface area contributed by atoms with Gasteiger partial charge in [0, 0.05) is 0 Å². The van der Waals surface area contributed by atoms with Crippen molar-refractivity contribution in [2.45, 2.75) is 122 Å². The predicted octanol–water partition coefficient (Wildman–Crippen LogP) is 7.91. The number of aliphatic hydroxyl groups is 1. The van der Waals surface area contributed by atoms with Crippen molar-refractivity contribution >= 4 is 24.0 Å². The summed E-state index contributed by atoms with van der Waals surface area (Å²) in [5.41, 5.74) is 4.72. The van der Waals surface area contributed by atoms with Crippen molar-refractivity contribution in [3.8, 4) is 0 Å². The number of amides is 1. The van der Waals surface area contributed by atoms with Gasteiger partial charge < -0.3 is 10.4 Å². The summed E-state index contributed by atoms with van der Waals surface area (Å²) in [5, 5.41) is 13.3. The lowest BCUT2D eigenvalue weighted by Gasteiger charge is -2.29. The molecule has 4 nitrogen and oxygen atoms in total. The molecular formula is C30H47NO3S. The molecule has 0 aliphatic heterocycles. The predicted molar refractivity (Wildman–Crippen MR) is 150 cm³/mol. The summed E-state index contributed by atoms with van der Waals surface area (Å²) >= 11 is 1.74. The Hall–Kier alpha value is -1.75. The van der Waals surface area contributed by atoms with Gasteiger partial charge in [0.15, 0.2) is 0 Å². The summed E-state index contributed by atoms with van der Waals surface area (Å²) in [5.74, 6) is 1.37. The molecule has 2 aliphatic rings. The first-order valence-electron chi connectivity index (χ1n) is 13.7. The van der Waals surface area contributed by atoms with E-state index in [4.69, 9.17) is 0 Å². The first-order valence-corrected chi connectivity index (χ1v) is 14.8. The van der Waals surface area contributed by atoms with E-state index in [0.717, 1.165) is 52.7 Å². The molecule has 0 aromatic carbocycles. The number of carbonyl (C=O) groups excluding carboxylic acids is 2. The smallest absolute Gasteiger partial charge is 0.237 e. The first-order chi connectivity index (χ1) is 16.9. The highest BCUT2D eigenvalue weighted by atomic mass is 32.2. The molecule has 2 rings (SSSR count). The Morgan fingerprint density at radius 1 is 1.03 bits per heavy atom. The number of rotatable bonds is 16. The number of hydrogen-bond donors (Lipinski definition) is 2. The third kappa shape index (κ3) is 9.67. The molecule has 0 fully saturated rings. The van der Waals surface area contributed by atoms with Crippen LogP contribution in [0.15, 0.2) is 45.8 Å². The Balaban J connectivity index is 1.88. The SMILES string of the molecule is CCCCCCCCCCCCSC(C(=O)NC1CC(C)=C(O)C(C)=C1C)C1=CC=C(C=O)CC1. The van der Waals surface area contributed by atoms with Crippen molar-refractivity contribution in [2.75, 3.05) is 5.75 Å². The van der Waals surface area contributed by atoms with Crippen molar-refractivity contribution < 1.29 is 14.7 Å². The minimum absolute atomic E-state index is 0.0441. The van der Waals surface area contributed by atoms with Gasteiger partial charge in [-0.2, -0.15) is 0 Å². The molecule has 0 aromatic rings. The van der Waals surface area contributed by atoms with Crippen LogP contribution in [0.5, 0.6) is 0 Å². The van der Waals surface area contributed by atoms with Crippen molar-refractivity contribution in [1.29, 1.82) is 0 Å². The van der Waals surface area contributed by atoms with Gasteiger partial charge >= 0.3 is 0 Å². The molecule has 1 amide bonds. The van der Waals surface area contributed by atoms with Crippen molar-refractivity contribution in [1.82, 2.24) is 5.32 Å². The summed E-state index contributed by atoms with van der Waals surface area (Å²) < 4.78 is 0. The van der Waals surface area contributed by atoms with Crippen LogP contribution in [0.2, 0.25) is 0 Å². The monoisotopic (exact) mass is 501 g/mol. The number of aliphatic hydroxyl groups excluding tert-OH is 1. The number of nitrogens with one attached hydrogen (secondary N) is 1. The molecule has 2 unspecified atom stereocenters. The minimum Gasteiger partial charge on any atom is -0.508 e. The second-order valence-corrected chi connectivity index (χ2v) is 11.4. The van der Waals surface area contributed by atoms with Crippen LogP contribution in [0.3, 0.4) is 0 Å². The highest BCUT2D eigenvalue weighted by Crippen LogP contribution is 2.32. The second kappa shape index (κ2) is 16.1. The maximum absolute atomic E-state index is 13.5. The van der Waals surface area contributed by atoms with Crippen molar-refractivity contribution in [3.63, 3.8) is 0 Å². The number of aldehydes is 1. The number of unbranched alkanes of at least 4 members (excludes halogenated alkanes) is 9. The second-order valence-electron chi connectivity index (χ2n) is 10.2. The van der Waals surface area contributed by atoms with Gasteiger partial charge in [0.1, 0.15) is 17.3 Å². The normalized spacial score (nSPS) is 19.4.